The number of aliphatic hydroxyl groups excluding tert-OH is 1. The van der Waals surface area contributed by atoms with Gasteiger partial charge in [0.15, 0.2) is 0 Å². The van der Waals surface area contributed by atoms with Crippen LogP contribution < -0.4 is 4.74 Å². The highest BCUT2D eigenvalue weighted by Gasteiger charge is 2.42. The molecule has 2 bridgehead atoms. The Morgan fingerprint density at radius 2 is 2.42 bits per heavy atom. The van der Waals surface area contributed by atoms with Gasteiger partial charge in [-0.1, -0.05) is 6.08 Å². The van der Waals surface area contributed by atoms with E-state index in [9.17, 15) is 5.11 Å². The van der Waals surface area contributed by atoms with Crippen LogP contribution in [0.15, 0.2) is 43.1 Å². The highest BCUT2D eigenvalue weighted by atomic mass is 16.5. The molecule has 1 aromatic heterocycles. The van der Waals surface area contributed by atoms with Crippen molar-refractivity contribution in [3.05, 3.63) is 48.7 Å². The Hall–Kier alpha value is -1.91. The van der Waals surface area contributed by atoms with Crippen molar-refractivity contribution >= 4 is 10.9 Å². The first-order valence-corrected chi connectivity index (χ1v) is 8.48. The summed E-state index contributed by atoms with van der Waals surface area (Å²) in [6.45, 7) is 5.88. The average Bonchev–Trinajstić information content (AvgIpc) is 2.65. The van der Waals surface area contributed by atoms with Crippen molar-refractivity contribution in [3.63, 3.8) is 0 Å². The number of aliphatic hydroxyl groups is 1. The summed E-state index contributed by atoms with van der Waals surface area (Å²) in [5.41, 5.74) is 1.48. The molecule has 3 saturated heterocycles. The SMILES string of the molecule is [2H]C([2H])([2H])Oc1ccc2nccc([C@@H](O)[C@@H]3CC4CCN3C[C@H]4C=C)c2c1. The van der Waals surface area contributed by atoms with E-state index in [2.05, 4.69) is 16.5 Å². The molecule has 1 N–H and O–H groups in total. The van der Waals surface area contributed by atoms with Crippen LogP contribution in [0.2, 0.25) is 0 Å². The molecule has 4 heterocycles. The molecule has 0 saturated carbocycles. The van der Waals surface area contributed by atoms with Crippen molar-refractivity contribution in [2.45, 2.75) is 25.0 Å². The van der Waals surface area contributed by atoms with E-state index in [1.165, 1.54) is 0 Å². The van der Waals surface area contributed by atoms with Crippen LogP contribution in [0.3, 0.4) is 0 Å². The van der Waals surface area contributed by atoms with Gasteiger partial charge in [0.2, 0.25) is 0 Å². The van der Waals surface area contributed by atoms with Crippen molar-refractivity contribution in [1.82, 2.24) is 9.88 Å². The minimum absolute atomic E-state index is 0.0535. The first-order chi connectivity index (χ1) is 12.9. The fourth-order valence-corrected chi connectivity index (χ4v) is 4.38. The molecule has 24 heavy (non-hydrogen) atoms. The Labute approximate surface area is 147 Å². The quantitative estimate of drug-likeness (QED) is 0.876. The van der Waals surface area contributed by atoms with Gasteiger partial charge >= 0.3 is 0 Å². The smallest absolute Gasteiger partial charge is 0.119 e. The second kappa shape index (κ2) is 6.19. The summed E-state index contributed by atoms with van der Waals surface area (Å²) in [4.78, 5) is 6.70. The van der Waals surface area contributed by atoms with Crippen LogP contribution >= 0.6 is 0 Å². The molecule has 0 spiro atoms. The molecule has 4 nitrogen and oxygen atoms in total. The molecular formula is C20H24N2O2. The Balaban J connectivity index is 1.66. The van der Waals surface area contributed by atoms with Crippen LogP contribution in [0, 0.1) is 11.8 Å². The summed E-state index contributed by atoms with van der Waals surface area (Å²) in [6, 6.07) is 6.86. The second-order valence-electron chi connectivity index (χ2n) is 6.87. The van der Waals surface area contributed by atoms with Gasteiger partial charge in [-0.3, -0.25) is 9.88 Å². The minimum atomic E-state index is -2.51. The molecule has 4 heteroatoms. The monoisotopic (exact) mass is 327 g/mol. The summed E-state index contributed by atoms with van der Waals surface area (Å²) in [7, 11) is -2.51. The van der Waals surface area contributed by atoms with Gasteiger partial charge in [-0.05, 0) is 61.1 Å². The Morgan fingerprint density at radius 1 is 1.50 bits per heavy atom. The minimum Gasteiger partial charge on any atom is -0.497 e. The summed E-state index contributed by atoms with van der Waals surface area (Å²) in [5, 5.41) is 11.9. The van der Waals surface area contributed by atoms with Crippen LogP contribution in [0.1, 0.15) is 28.6 Å². The van der Waals surface area contributed by atoms with Crippen molar-refractivity contribution in [1.29, 1.82) is 0 Å². The summed E-state index contributed by atoms with van der Waals surface area (Å²) in [5.74, 6) is 1.31. The third kappa shape index (κ3) is 2.50. The van der Waals surface area contributed by atoms with E-state index >= 15 is 0 Å². The van der Waals surface area contributed by atoms with Crippen LogP contribution in [0.25, 0.3) is 10.9 Å². The number of fused-ring (bicyclic) bond motifs is 4. The molecular weight excluding hydrogens is 300 g/mol. The van der Waals surface area contributed by atoms with Crippen molar-refractivity contribution in [3.8, 4) is 5.75 Å². The molecule has 0 aliphatic carbocycles. The predicted octanol–water partition coefficient (Wildman–Crippen LogP) is 3.17. The molecule has 0 radical (unpaired) electrons. The second-order valence-corrected chi connectivity index (χ2v) is 6.87. The van der Waals surface area contributed by atoms with Gasteiger partial charge < -0.3 is 9.84 Å². The first kappa shape index (κ1) is 12.5. The maximum atomic E-state index is 11.2. The van der Waals surface area contributed by atoms with Gasteiger partial charge in [0.1, 0.15) is 5.75 Å². The van der Waals surface area contributed by atoms with Gasteiger partial charge in [-0.2, -0.15) is 0 Å². The van der Waals surface area contributed by atoms with E-state index < -0.39 is 13.1 Å². The average molecular weight is 327 g/mol. The maximum absolute atomic E-state index is 11.2. The normalized spacial score (nSPS) is 32.6. The number of hydrogen-bond acceptors (Lipinski definition) is 4. The zero-order valence-corrected chi connectivity index (χ0v) is 13.6. The number of rotatable bonds is 4. The standard InChI is InChI=1S/C20H24N2O2/c1-3-13-12-22-9-7-14(13)10-19(22)20(23)16-6-8-21-18-5-4-15(24-2)11-17(16)18/h3-6,8,11,13-14,19-20,23H,1,7,9-10,12H2,2H3/t13-,14?,19+,20-/m1/s1/i2D3. The summed E-state index contributed by atoms with van der Waals surface area (Å²) < 4.78 is 26.9. The predicted molar refractivity (Wildman–Crippen MR) is 95.0 cm³/mol. The fourth-order valence-electron chi connectivity index (χ4n) is 4.38. The Bertz CT molecular complexity index is 855. The zero-order valence-electron chi connectivity index (χ0n) is 16.6. The molecule has 2 aromatic rings. The number of ether oxygens (including phenoxy) is 1. The number of aromatic nitrogens is 1. The van der Waals surface area contributed by atoms with Crippen LogP contribution in [0.4, 0.5) is 0 Å². The van der Waals surface area contributed by atoms with Crippen molar-refractivity contribution in [2.75, 3.05) is 20.1 Å². The van der Waals surface area contributed by atoms with Gasteiger partial charge in [-0.15, -0.1) is 6.58 Å². The Kier molecular flexibility index (Phi) is 3.21. The molecule has 3 aliphatic heterocycles. The largest absolute Gasteiger partial charge is 0.497 e. The van der Waals surface area contributed by atoms with Crippen LogP contribution in [0.5, 0.6) is 5.75 Å². The molecule has 0 amide bonds. The van der Waals surface area contributed by atoms with Crippen LogP contribution in [-0.4, -0.2) is 41.2 Å². The zero-order chi connectivity index (χ0) is 19.2. The lowest BCUT2D eigenvalue weighted by Gasteiger charge is -2.50. The summed E-state index contributed by atoms with van der Waals surface area (Å²) in [6.07, 6.45) is 5.15. The van der Waals surface area contributed by atoms with E-state index in [1.54, 1.807) is 24.4 Å². The lowest BCUT2D eigenvalue weighted by atomic mass is 9.73. The number of benzene rings is 1. The molecule has 5 rings (SSSR count). The Morgan fingerprint density at radius 3 is 3.17 bits per heavy atom. The number of pyridine rings is 1. The highest BCUT2D eigenvalue weighted by Crippen LogP contribution is 2.42. The topological polar surface area (TPSA) is 45.6 Å². The molecule has 126 valence electrons. The van der Waals surface area contributed by atoms with Gasteiger partial charge in [0.25, 0.3) is 0 Å². The molecule has 3 aliphatic rings. The van der Waals surface area contributed by atoms with E-state index in [4.69, 9.17) is 8.85 Å². The van der Waals surface area contributed by atoms with E-state index in [1.807, 2.05) is 12.1 Å². The maximum Gasteiger partial charge on any atom is 0.119 e. The highest BCUT2D eigenvalue weighted by molar-refractivity contribution is 5.83. The number of nitrogens with zero attached hydrogens (tertiary/aromatic N) is 2. The molecule has 5 atom stereocenters. The number of hydrogen-bond donors (Lipinski definition) is 1. The first-order valence-electron chi connectivity index (χ1n) is 9.98. The fraction of sp³-hybridized carbons (Fsp3) is 0.450. The van der Waals surface area contributed by atoms with Crippen molar-refractivity contribution in [2.24, 2.45) is 11.8 Å². The number of methoxy groups -OCH3 is 1. The lowest BCUT2D eigenvalue weighted by Crippen LogP contribution is -2.54. The molecule has 3 fully saturated rings. The third-order valence-electron chi connectivity index (χ3n) is 5.70. The van der Waals surface area contributed by atoms with Crippen molar-refractivity contribution < 1.29 is 14.0 Å². The summed E-state index contributed by atoms with van der Waals surface area (Å²) >= 11 is 0. The van der Waals surface area contributed by atoms with E-state index in [0.717, 1.165) is 36.9 Å². The molecule has 2 unspecified atom stereocenters. The third-order valence-corrected chi connectivity index (χ3v) is 5.70. The van der Waals surface area contributed by atoms with Crippen LogP contribution in [-0.2, 0) is 0 Å². The van der Waals surface area contributed by atoms with Gasteiger partial charge in [0.05, 0.1) is 22.8 Å². The number of piperidine rings is 3. The molecule has 1 aromatic carbocycles. The van der Waals surface area contributed by atoms with E-state index in [-0.39, 0.29) is 11.8 Å². The lowest BCUT2D eigenvalue weighted by molar-refractivity contribution is -0.0444. The van der Waals surface area contributed by atoms with Gasteiger partial charge in [-0.25, -0.2) is 0 Å². The van der Waals surface area contributed by atoms with Gasteiger partial charge in [0, 0.05) is 24.2 Å². The van der Waals surface area contributed by atoms with E-state index in [0.29, 0.717) is 17.4 Å².